The standard InChI is InChI=1S/C12H17N3O2/c1-12(17)5-7-15(8-12)10-9(11(16)13-2)4-3-6-14-10/h3-4,6,17H,5,7-8H2,1-2H3,(H,13,16). The second-order valence-corrected chi connectivity index (χ2v) is 4.62. The van der Waals surface area contributed by atoms with E-state index < -0.39 is 5.60 Å². The van der Waals surface area contributed by atoms with E-state index in [0.717, 1.165) is 0 Å². The molecule has 0 spiro atoms. The third kappa shape index (κ3) is 2.39. The molecular weight excluding hydrogens is 218 g/mol. The average Bonchev–Trinajstić information content (AvgIpc) is 2.68. The lowest BCUT2D eigenvalue weighted by Crippen LogP contribution is -2.31. The fourth-order valence-electron chi connectivity index (χ4n) is 2.09. The number of aromatic nitrogens is 1. The van der Waals surface area contributed by atoms with E-state index in [1.165, 1.54) is 0 Å². The number of hydrogen-bond acceptors (Lipinski definition) is 4. The Morgan fingerprint density at radius 2 is 2.41 bits per heavy atom. The highest BCUT2D eigenvalue weighted by Crippen LogP contribution is 2.27. The van der Waals surface area contributed by atoms with Crippen molar-refractivity contribution in [2.75, 3.05) is 25.0 Å². The highest BCUT2D eigenvalue weighted by Gasteiger charge is 2.33. The Morgan fingerprint density at radius 1 is 1.65 bits per heavy atom. The van der Waals surface area contributed by atoms with Gasteiger partial charge in [0, 0.05) is 26.3 Å². The molecule has 1 aromatic rings. The predicted molar refractivity (Wildman–Crippen MR) is 65.1 cm³/mol. The molecule has 0 radical (unpaired) electrons. The van der Waals surface area contributed by atoms with Gasteiger partial charge in [0.2, 0.25) is 0 Å². The van der Waals surface area contributed by atoms with Gasteiger partial charge in [-0.1, -0.05) is 0 Å². The molecule has 1 saturated heterocycles. The zero-order valence-corrected chi connectivity index (χ0v) is 10.1. The number of rotatable bonds is 2. The molecule has 5 nitrogen and oxygen atoms in total. The van der Waals surface area contributed by atoms with Gasteiger partial charge in [-0.2, -0.15) is 0 Å². The van der Waals surface area contributed by atoms with Gasteiger partial charge in [-0.15, -0.1) is 0 Å². The highest BCUT2D eigenvalue weighted by atomic mass is 16.3. The highest BCUT2D eigenvalue weighted by molar-refractivity contribution is 5.98. The molecule has 1 unspecified atom stereocenters. The summed E-state index contributed by atoms with van der Waals surface area (Å²) >= 11 is 0. The van der Waals surface area contributed by atoms with Gasteiger partial charge in [0.15, 0.2) is 0 Å². The number of carbonyl (C=O) groups excluding carboxylic acids is 1. The van der Waals surface area contributed by atoms with Crippen LogP contribution in [0.15, 0.2) is 18.3 Å². The number of carbonyl (C=O) groups is 1. The number of aliphatic hydroxyl groups is 1. The molecule has 92 valence electrons. The fraction of sp³-hybridized carbons (Fsp3) is 0.500. The van der Waals surface area contributed by atoms with Crippen LogP contribution in [0.25, 0.3) is 0 Å². The first-order valence-electron chi connectivity index (χ1n) is 5.68. The van der Waals surface area contributed by atoms with Crippen molar-refractivity contribution in [3.63, 3.8) is 0 Å². The summed E-state index contributed by atoms with van der Waals surface area (Å²) in [4.78, 5) is 17.9. The monoisotopic (exact) mass is 235 g/mol. The molecule has 1 atom stereocenters. The Hall–Kier alpha value is -1.62. The van der Waals surface area contributed by atoms with Gasteiger partial charge in [-0.25, -0.2) is 4.98 Å². The quantitative estimate of drug-likeness (QED) is 0.779. The van der Waals surface area contributed by atoms with Crippen LogP contribution in [0.5, 0.6) is 0 Å². The van der Waals surface area contributed by atoms with Crippen molar-refractivity contribution in [1.29, 1.82) is 0 Å². The number of pyridine rings is 1. The Kier molecular flexibility index (Phi) is 3.02. The van der Waals surface area contributed by atoms with Gasteiger partial charge in [-0.05, 0) is 25.5 Å². The summed E-state index contributed by atoms with van der Waals surface area (Å²) in [6.45, 7) is 3.03. The van der Waals surface area contributed by atoms with E-state index in [9.17, 15) is 9.90 Å². The molecule has 2 N–H and O–H groups in total. The van der Waals surface area contributed by atoms with Gasteiger partial charge >= 0.3 is 0 Å². The van der Waals surface area contributed by atoms with Crippen LogP contribution in [0, 0.1) is 0 Å². The van der Waals surface area contributed by atoms with Crippen LogP contribution in [-0.2, 0) is 0 Å². The summed E-state index contributed by atoms with van der Waals surface area (Å²) in [5.74, 6) is 0.490. The third-order valence-electron chi connectivity index (χ3n) is 3.01. The fourth-order valence-corrected chi connectivity index (χ4v) is 2.09. The number of nitrogens with zero attached hydrogens (tertiary/aromatic N) is 2. The van der Waals surface area contributed by atoms with Crippen molar-refractivity contribution >= 4 is 11.7 Å². The van der Waals surface area contributed by atoms with E-state index in [1.54, 1.807) is 32.3 Å². The zero-order chi connectivity index (χ0) is 12.5. The first-order valence-corrected chi connectivity index (χ1v) is 5.68. The second kappa shape index (κ2) is 4.33. The van der Waals surface area contributed by atoms with Crippen molar-refractivity contribution in [1.82, 2.24) is 10.3 Å². The summed E-state index contributed by atoms with van der Waals surface area (Å²) in [5, 5.41) is 12.5. The topological polar surface area (TPSA) is 65.5 Å². The normalized spacial score (nSPS) is 23.8. The van der Waals surface area contributed by atoms with Gasteiger partial charge in [0.25, 0.3) is 5.91 Å². The van der Waals surface area contributed by atoms with E-state index in [-0.39, 0.29) is 5.91 Å². The SMILES string of the molecule is CNC(=O)c1cccnc1N1CCC(C)(O)C1. The van der Waals surface area contributed by atoms with E-state index in [1.807, 2.05) is 4.90 Å². The van der Waals surface area contributed by atoms with E-state index >= 15 is 0 Å². The van der Waals surface area contributed by atoms with Crippen LogP contribution < -0.4 is 10.2 Å². The summed E-state index contributed by atoms with van der Waals surface area (Å²) < 4.78 is 0. The smallest absolute Gasteiger partial charge is 0.254 e. The molecule has 1 fully saturated rings. The van der Waals surface area contributed by atoms with Crippen molar-refractivity contribution in [2.24, 2.45) is 0 Å². The lowest BCUT2D eigenvalue weighted by molar-refractivity contribution is 0.0837. The predicted octanol–water partition coefficient (Wildman–Crippen LogP) is 0.402. The molecule has 0 bridgehead atoms. The number of hydrogen-bond donors (Lipinski definition) is 2. The lowest BCUT2D eigenvalue weighted by Gasteiger charge is -2.21. The Labute approximate surface area is 100 Å². The Balaban J connectivity index is 2.30. The first-order chi connectivity index (χ1) is 8.03. The van der Waals surface area contributed by atoms with Gasteiger partial charge < -0.3 is 15.3 Å². The van der Waals surface area contributed by atoms with Crippen LogP contribution in [0.4, 0.5) is 5.82 Å². The molecular formula is C12H17N3O2. The zero-order valence-electron chi connectivity index (χ0n) is 10.1. The molecule has 2 rings (SSSR count). The number of amides is 1. The van der Waals surface area contributed by atoms with Crippen LogP contribution >= 0.6 is 0 Å². The molecule has 0 saturated carbocycles. The summed E-state index contributed by atoms with van der Waals surface area (Å²) in [7, 11) is 1.60. The Morgan fingerprint density at radius 3 is 3.00 bits per heavy atom. The maximum atomic E-state index is 11.7. The maximum absolute atomic E-state index is 11.7. The van der Waals surface area contributed by atoms with E-state index in [2.05, 4.69) is 10.3 Å². The summed E-state index contributed by atoms with van der Waals surface area (Å²) in [6.07, 6.45) is 2.35. The van der Waals surface area contributed by atoms with Gasteiger partial charge in [-0.3, -0.25) is 4.79 Å². The molecule has 1 amide bonds. The van der Waals surface area contributed by atoms with E-state index in [4.69, 9.17) is 0 Å². The molecule has 1 aromatic heterocycles. The number of β-amino-alcohol motifs (C(OH)–C–C–N with tert-alkyl or cyclic N) is 1. The van der Waals surface area contributed by atoms with Crippen LogP contribution in [0.2, 0.25) is 0 Å². The lowest BCUT2D eigenvalue weighted by atomic mass is 10.1. The largest absolute Gasteiger partial charge is 0.388 e. The van der Waals surface area contributed by atoms with Gasteiger partial charge in [0.05, 0.1) is 11.2 Å². The molecule has 1 aliphatic heterocycles. The minimum absolute atomic E-state index is 0.153. The van der Waals surface area contributed by atoms with Crippen molar-refractivity contribution in [3.05, 3.63) is 23.9 Å². The Bertz CT molecular complexity index is 432. The molecule has 0 aliphatic carbocycles. The third-order valence-corrected chi connectivity index (χ3v) is 3.01. The van der Waals surface area contributed by atoms with Crippen molar-refractivity contribution < 1.29 is 9.90 Å². The van der Waals surface area contributed by atoms with Crippen molar-refractivity contribution in [3.8, 4) is 0 Å². The number of anilines is 1. The minimum Gasteiger partial charge on any atom is -0.388 e. The summed E-state index contributed by atoms with van der Waals surface area (Å²) in [6, 6.07) is 3.48. The van der Waals surface area contributed by atoms with Crippen LogP contribution in [-0.4, -0.2) is 41.7 Å². The average molecular weight is 235 g/mol. The number of nitrogens with one attached hydrogen (secondary N) is 1. The molecule has 2 heterocycles. The maximum Gasteiger partial charge on any atom is 0.254 e. The molecule has 0 aromatic carbocycles. The minimum atomic E-state index is -0.697. The van der Waals surface area contributed by atoms with Crippen molar-refractivity contribution in [2.45, 2.75) is 18.9 Å². The van der Waals surface area contributed by atoms with Crippen LogP contribution in [0.3, 0.4) is 0 Å². The first kappa shape index (κ1) is 11.9. The second-order valence-electron chi connectivity index (χ2n) is 4.62. The molecule has 17 heavy (non-hydrogen) atoms. The summed E-state index contributed by atoms with van der Waals surface area (Å²) in [5.41, 5.74) is -0.148. The van der Waals surface area contributed by atoms with Crippen LogP contribution in [0.1, 0.15) is 23.7 Å². The van der Waals surface area contributed by atoms with Gasteiger partial charge in [0.1, 0.15) is 5.82 Å². The van der Waals surface area contributed by atoms with E-state index in [0.29, 0.717) is 30.9 Å². The molecule has 5 heteroatoms. The molecule has 1 aliphatic rings.